The van der Waals surface area contributed by atoms with E-state index in [0.717, 1.165) is 29.0 Å². The number of anilines is 2. The van der Waals surface area contributed by atoms with E-state index in [1.165, 1.54) is 5.57 Å². The maximum Gasteiger partial charge on any atom is 0.119 e. The van der Waals surface area contributed by atoms with Crippen molar-refractivity contribution in [1.29, 1.82) is 0 Å². The summed E-state index contributed by atoms with van der Waals surface area (Å²) in [7, 11) is 0. The molecule has 0 fully saturated rings. The standard InChI is InChI=1S/C18H20N2O3/c19-17-3-1-2-16-13(9-20-18(16)17)8-12-4-6-15(7-5-12)23-11-14(22)10-21/h1-8,14,20-22H,9-11,19H2. The molecule has 1 unspecified atom stereocenters. The number of rotatable bonds is 5. The molecule has 0 radical (unpaired) electrons. The SMILES string of the molecule is Nc1cccc2c1NCC2=Cc1ccc(OCC(O)CO)cc1. The first-order valence-electron chi connectivity index (χ1n) is 7.52. The number of fused-ring (bicyclic) bond motifs is 1. The Morgan fingerprint density at radius 1 is 1.22 bits per heavy atom. The lowest BCUT2D eigenvalue weighted by atomic mass is 10.0. The molecule has 1 atom stereocenters. The summed E-state index contributed by atoms with van der Waals surface area (Å²) in [5.74, 6) is 0.661. The highest BCUT2D eigenvalue weighted by Gasteiger charge is 2.17. The average molecular weight is 312 g/mol. The van der Waals surface area contributed by atoms with Crippen molar-refractivity contribution in [2.75, 3.05) is 30.8 Å². The number of nitrogen functional groups attached to an aromatic ring is 1. The number of benzene rings is 2. The summed E-state index contributed by atoms with van der Waals surface area (Å²) >= 11 is 0. The number of hydrogen-bond donors (Lipinski definition) is 4. The van der Waals surface area contributed by atoms with Crippen molar-refractivity contribution in [3.05, 3.63) is 53.6 Å². The molecule has 2 aromatic carbocycles. The van der Waals surface area contributed by atoms with Crippen molar-refractivity contribution in [1.82, 2.24) is 0 Å². The number of aliphatic hydroxyl groups excluding tert-OH is 2. The Morgan fingerprint density at radius 3 is 2.74 bits per heavy atom. The van der Waals surface area contributed by atoms with Gasteiger partial charge in [0.1, 0.15) is 18.5 Å². The molecule has 5 N–H and O–H groups in total. The van der Waals surface area contributed by atoms with Gasteiger partial charge < -0.3 is 26.0 Å². The van der Waals surface area contributed by atoms with Crippen molar-refractivity contribution in [2.45, 2.75) is 6.10 Å². The number of aliphatic hydroxyl groups is 2. The largest absolute Gasteiger partial charge is 0.491 e. The molecule has 0 bridgehead atoms. The summed E-state index contributed by atoms with van der Waals surface area (Å²) in [6.07, 6.45) is 1.26. The maximum absolute atomic E-state index is 9.28. The van der Waals surface area contributed by atoms with Crippen LogP contribution in [0.4, 0.5) is 11.4 Å². The Balaban J connectivity index is 1.73. The fourth-order valence-corrected chi connectivity index (χ4v) is 2.55. The van der Waals surface area contributed by atoms with Crippen molar-refractivity contribution in [3.63, 3.8) is 0 Å². The van der Waals surface area contributed by atoms with Crippen LogP contribution in [0.1, 0.15) is 11.1 Å². The van der Waals surface area contributed by atoms with E-state index in [0.29, 0.717) is 5.75 Å². The van der Waals surface area contributed by atoms with Gasteiger partial charge >= 0.3 is 0 Å². The molecular formula is C18H20N2O3. The molecule has 1 aliphatic heterocycles. The Hall–Kier alpha value is -2.50. The Kier molecular flexibility index (Phi) is 4.50. The van der Waals surface area contributed by atoms with Gasteiger partial charge in [-0.25, -0.2) is 0 Å². The Labute approximate surface area is 135 Å². The second-order valence-corrected chi connectivity index (χ2v) is 5.51. The van der Waals surface area contributed by atoms with E-state index in [4.69, 9.17) is 15.6 Å². The van der Waals surface area contributed by atoms with Crippen molar-refractivity contribution in [3.8, 4) is 5.75 Å². The predicted molar refractivity (Wildman–Crippen MR) is 92.2 cm³/mol. The van der Waals surface area contributed by atoms with E-state index in [9.17, 15) is 5.11 Å². The Bertz CT molecular complexity index is 711. The zero-order valence-corrected chi connectivity index (χ0v) is 12.7. The highest BCUT2D eigenvalue weighted by atomic mass is 16.5. The van der Waals surface area contributed by atoms with Gasteiger partial charge in [-0.2, -0.15) is 0 Å². The second kappa shape index (κ2) is 6.73. The highest BCUT2D eigenvalue weighted by Crippen LogP contribution is 2.36. The van der Waals surface area contributed by atoms with Gasteiger partial charge in [0.25, 0.3) is 0 Å². The normalized spacial score (nSPS) is 16.0. The topological polar surface area (TPSA) is 87.7 Å². The van der Waals surface area contributed by atoms with Crippen LogP contribution in [-0.2, 0) is 0 Å². The molecule has 0 spiro atoms. The number of hydrogen-bond acceptors (Lipinski definition) is 5. The molecule has 2 aromatic rings. The van der Waals surface area contributed by atoms with Gasteiger partial charge in [0, 0.05) is 12.1 Å². The van der Waals surface area contributed by atoms with Crippen molar-refractivity contribution < 1.29 is 14.9 Å². The Morgan fingerprint density at radius 2 is 2.00 bits per heavy atom. The van der Waals surface area contributed by atoms with Crippen LogP contribution in [0, 0.1) is 0 Å². The molecule has 3 rings (SSSR count). The van der Waals surface area contributed by atoms with Crippen LogP contribution in [0.5, 0.6) is 5.75 Å². The van der Waals surface area contributed by atoms with Gasteiger partial charge in [-0.1, -0.05) is 24.3 Å². The van der Waals surface area contributed by atoms with Gasteiger partial charge in [0.05, 0.1) is 18.0 Å². The minimum absolute atomic E-state index is 0.0769. The monoisotopic (exact) mass is 312 g/mol. The van der Waals surface area contributed by atoms with Crippen LogP contribution in [0.3, 0.4) is 0 Å². The molecule has 0 aromatic heterocycles. The summed E-state index contributed by atoms with van der Waals surface area (Å²) in [5, 5.41) is 21.4. The molecule has 5 nitrogen and oxygen atoms in total. The lowest BCUT2D eigenvalue weighted by Gasteiger charge is -2.09. The third kappa shape index (κ3) is 3.47. The highest BCUT2D eigenvalue weighted by molar-refractivity contribution is 5.96. The van der Waals surface area contributed by atoms with E-state index >= 15 is 0 Å². The third-order valence-electron chi connectivity index (χ3n) is 3.77. The molecule has 0 saturated heterocycles. The first-order chi connectivity index (χ1) is 11.2. The number of para-hydroxylation sites is 1. The quantitative estimate of drug-likeness (QED) is 0.634. The van der Waals surface area contributed by atoms with Crippen LogP contribution < -0.4 is 15.8 Å². The van der Waals surface area contributed by atoms with E-state index in [1.807, 2.05) is 36.4 Å². The van der Waals surface area contributed by atoms with E-state index in [-0.39, 0.29) is 13.2 Å². The first kappa shape index (κ1) is 15.4. The average Bonchev–Trinajstić information content (AvgIpc) is 2.98. The molecule has 120 valence electrons. The minimum atomic E-state index is -0.858. The smallest absolute Gasteiger partial charge is 0.119 e. The third-order valence-corrected chi connectivity index (χ3v) is 3.77. The van der Waals surface area contributed by atoms with E-state index in [1.54, 1.807) is 0 Å². The first-order valence-corrected chi connectivity index (χ1v) is 7.52. The van der Waals surface area contributed by atoms with Crippen LogP contribution in [0.15, 0.2) is 42.5 Å². The predicted octanol–water partition coefficient (Wildman–Crippen LogP) is 1.97. The molecular weight excluding hydrogens is 292 g/mol. The summed E-state index contributed by atoms with van der Waals surface area (Å²) in [6.45, 7) is 0.526. The number of nitrogens with one attached hydrogen (secondary N) is 1. The van der Waals surface area contributed by atoms with Gasteiger partial charge in [-0.3, -0.25) is 0 Å². The number of ether oxygens (including phenoxy) is 1. The van der Waals surface area contributed by atoms with E-state index < -0.39 is 6.10 Å². The number of nitrogens with two attached hydrogens (primary N) is 1. The van der Waals surface area contributed by atoms with Crippen LogP contribution in [0.25, 0.3) is 11.6 Å². The minimum Gasteiger partial charge on any atom is -0.491 e. The molecule has 23 heavy (non-hydrogen) atoms. The molecule has 5 heteroatoms. The second-order valence-electron chi connectivity index (χ2n) is 5.51. The van der Waals surface area contributed by atoms with Crippen molar-refractivity contribution in [2.24, 2.45) is 0 Å². The van der Waals surface area contributed by atoms with Gasteiger partial charge in [0.2, 0.25) is 0 Å². The molecule has 1 heterocycles. The van der Waals surface area contributed by atoms with Gasteiger partial charge in [0.15, 0.2) is 0 Å². The lowest BCUT2D eigenvalue weighted by Crippen LogP contribution is -2.21. The summed E-state index contributed by atoms with van der Waals surface area (Å²) in [5.41, 5.74) is 11.1. The molecule has 0 aliphatic carbocycles. The van der Waals surface area contributed by atoms with E-state index in [2.05, 4.69) is 17.5 Å². The maximum atomic E-state index is 9.28. The van der Waals surface area contributed by atoms with Crippen LogP contribution >= 0.6 is 0 Å². The zero-order valence-electron chi connectivity index (χ0n) is 12.7. The van der Waals surface area contributed by atoms with Gasteiger partial charge in [-0.15, -0.1) is 0 Å². The van der Waals surface area contributed by atoms with Crippen molar-refractivity contribution >= 4 is 23.0 Å². The van der Waals surface area contributed by atoms with Gasteiger partial charge in [-0.05, 0) is 35.4 Å². The summed E-state index contributed by atoms with van der Waals surface area (Å²) < 4.78 is 5.40. The fourth-order valence-electron chi connectivity index (χ4n) is 2.55. The summed E-state index contributed by atoms with van der Waals surface area (Å²) in [6, 6.07) is 13.5. The van der Waals surface area contributed by atoms with Crippen LogP contribution in [-0.4, -0.2) is 36.1 Å². The lowest BCUT2D eigenvalue weighted by molar-refractivity contribution is 0.0536. The fraction of sp³-hybridized carbons (Fsp3) is 0.222. The molecule has 0 saturated carbocycles. The molecule has 1 aliphatic rings. The molecule has 0 amide bonds. The van der Waals surface area contributed by atoms with Crippen LogP contribution in [0.2, 0.25) is 0 Å². The zero-order chi connectivity index (χ0) is 16.2. The summed E-state index contributed by atoms with van der Waals surface area (Å²) in [4.78, 5) is 0.